The molecular weight excluding hydrogens is 344 g/mol. The van der Waals surface area contributed by atoms with Crippen molar-refractivity contribution in [2.45, 2.75) is 64.1 Å². The van der Waals surface area contributed by atoms with E-state index in [0.717, 1.165) is 12.8 Å². The number of carbonyl (C=O) groups excluding carboxylic acids is 1. The quantitative estimate of drug-likeness (QED) is 0.453. The minimum Gasteiger partial charge on any atom is -0.481 e. The minimum absolute atomic E-state index is 0.0112. The third kappa shape index (κ3) is 9.50. The fourth-order valence-corrected chi connectivity index (χ4v) is 3.10. The molecule has 0 aromatic rings. The highest BCUT2D eigenvalue weighted by Gasteiger charge is 2.39. The van der Waals surface area contributed by atoms with E-state index in [9.17, 15) is 19.8 Å². The highest BCUT2D eigenvalue weighted by molar-refractivity contribution is 5.84. The molecule has 0 radical (unpaired) electrons. The van der Waals surface area contributed by atoms with Crippen LogP contribution in [0.5, 0.6) is 0 Å². The maximum Gasteiger partial charge on any atom is 0.303 e. The summed E-state index contributed by atoms with van der Waals surface area (Å²) in [5, 5.41) is 28.8. The number of aliphatic hydroxyl groups excluding tert-OH is 2. The summed E-state index contributed by atoms with van der Waals surface area (Å²) in [6.07, 6.45) is 17.1. The molecule has 150 valence electrons. The number of allylic oxidation sites excluding steroid dienone is 5. The van der Waals surface area contributed by atoms with E-state index >= 15 is 0 Å². The van der Waals surface area contributed by atoms with E-state index in [0.29, 0.717) is 19.3 Å². The molecule has 0 aromatic carbocycles. The highest BCUT2D eigenvalue weighted by atomic mass is 16.4. The number of carboxylic acids is 1. The normalized spacial score (nSPS) is 24.9. The zero-order chi connectivity index (χ0) is 20.1. The fourth-order valence-electron chi connectivity index (χ4n) is 3.10. The van der Waals surface area contributed by atoms with E-state index in [1.807, 2.05) is 18.2 Å². The van der Waals surface area contributed by atoms with E-state index < -0.39 is 18.2 Å². The Labute approximate surface area is 161 Å². The average Bonchev–Trinajstić information content (AvgIpc) is 2.88. The first kappa shape index (κ1) is 23.1. The van der Waals surface area contributed by atoms with Crippen molar-refractivity contribution in [3.8, 4) is 0 Å². The van der Waals surface area contributed by atoms with Gasteiger partial charge in [-0.05, 0) is 32.1 Å². The van der Waals surface area contributed by atoms with E-state index in [1.165, 1.54) is 0 Å². The largest absolute Gasteiger partial charge is 0.481 e. The molecule has 1 aliphatic carbocycles. The Morgan fingerprint density at radius 3 is 2.63 bits per heavy atom. The Morgan fingerprint density at radius 1 is 1.19 bits per heavy atom. The summed E-state index contributed by atoms with van der Waals surface area (Å²) in [6, 6.07) is 0. The molecule has 0 spiro atoms. The van der Waals surface area contributed by atoms with Gasteiger partial charge in [-0.3, -0.25) is 9.59 Å². The van der Waals surface area contributed by atoms with Crippen LogP contribution in [0.2, 0.25) is 0 Å². The molecule has 1 aliphatic rings. The predicted octanol–water partition coefficient (Wildman–Crippen LogP) is 3.58. The number of carbonyl (C=O) groups is 2. The molecule has 0 unspecified atom stereocenters. The monoisotopic (exact) mass is 376 g/mol. The summed E-state index contributed by atoms with van der Waals surface area (Å²) in [6.45, 7) is 2.08. The molecule has 0 bridgehead atoms. The van der Waals surface area contributed by atoms with Crippen LogP contribution in [0.25, 0.3) is 0 Å². The maximum atomic E-state index is 12.1. The Morgan fingerprint density at radius 2 is 1.93 bits per heavy atom. The smallest absolute Gasteiger partial charge is 0.303 e. The summed E-state index contributed by atoms with van der Waals surface area (Å²) < 4.78 is 0. The van der Waals surface area contributed by atoms with Gasteiger partial charge in [0.2, 0.25) is 0 Å². The lowest BCUT2D eigenvalue weighted by Crippen LogP contribution is -2.18. The van der Waals surface area contributed by atoms with Crippen molar-refractivity contribution < 1.29 is 24.9 Å². The third-order valence-electron chi connectivity index (χ3n) is 4.59. The summed E-state index contributed by atoms with van der Waals surface area (Å²) >= 11 is 0. The van der Waals surface area contributed by atoms with Gasteiger partial charge in [0.05, 0.1) is 12.2 Å². The van der Waals surface area contributed by atoms with Gasteiger partial charge in [-0.15, -0.1) is 0 Å². The number of aliphatic carboxylic acids is 1. The molecule has 27 heavy (non-hydrogen) atoms. The number of aliphatic hydroxyl groups is 2. The number of rotatable bonds is 12. The van der Waals surface area contributed by atoms with Gasteiger partial charge in [0.15, 0.2) is 0 Å². The molecule has 0 heterocycles. The van der Waals surface area contributed by atoms with Crippen LogP contribution in [0, 0.1) is 11.8 Å². The van der Waals surface area contributed by atoms with E-state index in [2.05, 4.69) is 19.1 Å². The van der Waals surface area contributed by atoms with Crippen LogP contribution in [0.15, 0.2) is 48.6 Å². The lowest BCUT2D eigenvalue weighted by Gasteiger charge is -2.16. The van der Waals surface area contributed by atoms with Crippen molar-refractivity contribution in [2.24, 2.45) is 11.8 Å². The molecule has 5 nitrogen and oxygen atoms in total. The van der Waals surface area contributed by atoms with Crippen molar-refractivity contribution in [3.05, 3.63) is 48.6 Å². The number of carboxylic acid groups (broad SMARTS) is 1. The first-order valence-corrected chi connectivity index (χ1v) is 9.69. The summed E-state index contributed by atoms with van der Waals surface area (Å²) in [4.78, 5) is 22.6. The Kier molecular flexibility index (Phi) is 11.3. The topological polar surface area (TPSA) is 94.8 Å². The van der Waals surface area contributed by atoms with Crippen molar-refractivity contribution in [1.82, 2.24) is 0 Å². The van der Waals surface area contributed by atoms with Crippen LogP contribution in [0.3, 0.4) is 0 Å². The van der Waals surface area contributed by atoms with Gasteiger partial charge in [0, 0.05) is 24.7 Å². The standard InChI is InChI=1S/C22H32O5/c1-2-3-4-5-6-8-11-17(23)14-15-19-18(20(24)16-21(19)25)12-9-7-10-13-22(26)27/h3-4,6-9,14-15,17-19,21,23,25H,2,5,10-13,16H2,1H3,(H,26,27)/b4-3-,8-6-,9-7-,15-14+/t17-,18-,19-,21+/m0/s1. The van der Waals surface area contributed by atoms with Crippen molar-refractivity contribution in [3.63, 3.8) is 0 Å². The molecule has 1 rings (SSSR count). The van der Waals surface area contributed by atoms with Gasteiger partial charge in [-0.1, -0.05) is 55.5 Å². The molecule has 0 amide bonds. The number of hydrogen-bond acceptors (Lipinski definition) is 4. The van der Waals surface area contributed by atoms with E-state index in [4.69, 9.17) is 5.11 Å². The summed E-state index contributed by atoms with van der Waals surface area (Å²) in [5.41, 5.74) is 0. The zero-order valence-electron chi connectivity index (χ0n) is 16.0. The van der Waals surface area contributed by atoms with Gasteiger partial charge in [-0.25, -0.2) is 0 Å². The summed E-state index contributed by atoms with van der Waals surface area (Å²) in [7, 11) is 0. The lowest BCUT2D eigenvalue weighted by atomic mass is 9.90. The van der Waals surface area contributed by atoms with E-state index in [-0.39, 0.29) is 30.5 Å². The van der Waals surface area contributed by atoms with Crippen molar-refractivity contribution >= 4 is 11.8 Å². The van der Waals surface area contributed by atoms with Gasteiger partial charge in [0.1, 0.15) is 5.78 Å². The molecular formula is C22H32O5. The van der Waals surface area contributed by atoms with Crippen LogP contribution in [0.4, 0.5) is 0 Å². The van der Waals surface area contributed by atoms with Crippen LogP contribution in [-0.4, -0.2) is 39.3 Å². The van der Waals surface area contributed by atoms with Gasteiger partial charge >= 0.3 is 5.97 Å². The van der Waals surface area contributed by atoms with Crippen LogP contribution < -0.4 is 0 Å². The molecule has 0 saturated heterocycles. The van der Waals surface area contributed by atoms with Crippen LogP contribution >= 0.6 is 0 Å². The van der Waals surface area contributed by atoms with E-state index in [1.54, 1.807) is 18.2 Å². The number of ketones is 1. The second kappa shape index (κ2) is 13.2. The molecule has 0 aromatic heterocycles. The first-order valence-electron chi connectivity index (χ1n) is 9.69. The molecule has 1 fully saturated rings. The highest BCUT2D eigenvalue weighted by Crippen LogP contribution is 2.33. The number of Topliss-reactive ketones (excluding diaryl/α,β-unsaturated/α-hetero) is 1. The summed E-state index contributed by atoms with van der Waals surface area (Å²) in [5.74, 6) is -1.47. The Hall–Kier alpha value is -1.98. The van der Waals surface area contributed by atoms with Gasteiger partial charge < -0.3 is 15.3 Å². The molecule has 0 aliphatic heterocycles. The molecule has 1 saturated carbocycles. The predicted molar refractivity (Wildman–Crippen MR) is 106 cm³/mol. The SMILES string of the molecule is CC/C=C\C/C=C\C[C@H](O)/C=C/[C@@H]1[C@H](O)CC(=O)[C@H]1C/C=C\CCC(=O)O. The Balaban J connectivity index is 2.50. The second-order valence-corrected chi connectivity index (χ2v) is 6.84. The van der Waals surface area contributed by atoms with Crippen LogP contribution in [-0.2, 0) is 9.59 Å². The molecule has 5 heteroatoms. The second-order valence-electron chi connectivity index (χ2n) is 6.84. The Bertz CT molecular complexity index is 573. The first-order chi connectivity index (χ1) is 13.0. The molecule has 4 atom stereocenters. The average molecular weight is 376 g/mol. The minimum atomic E-state index is -0.850. The fraction of sp³-hybridized carbons (Fsp3) is 0.545. The third-order valence-corrected chi connectivity index (χ3v) is 4.59. The van der Waals surface area contributed by atoms with Gasteiger partial charge in [-0.2, -0.15) is 0 Å². The zero-order valence-corrected chi connectivity index (χ0v) is 16.0. The van der Waals surface area contributed by atoms with Crippen molar-refractivity contribution in [1.29, 1.82) is 0 Å². The molecule has 3 N–H and O–H groups in total. The van der Waals surface area contributed by atoms with Gasteiger partial charge in [0.25, 0.3) is 0 Å². The number of hydrogen-bond donors (Lipinski definition) is 3. The maximum absolute atomic E-state index is 12.1. The van der Waals surface area contributed by atoms with Crippen LogP contribution in [0.1, 0.15) is 51.9 Å². The van der Waals surface area contributed by atoms with Crippen molar-refractivity contribution in [2.75, 3.05) is 0 Å². The lowest BCUT2D eigenvalue weighted by molar-refractivity contribution is -0.136.